The maximum absolute atomic E-state index is 9.50. The highest BCUT2D eigenvalue weighted by atomic mass is 79.9. The van der Waals surface area contributed by atoms with Crippen LogP contribution < -0.4 is 0 Å². The van der Waals surface area contributed by atoms with E-state index in [1.807, 2.05) is 42.6 Å². The number of benzene rings is 2. The maximum atomic E-state index is 9.50. The van der Waals surface area contributed by atoms with Crippen LogP contribution in [0.15, 0.2) is 47.1 Å². The number of aliphatic hydroxyl groups is 1. The van der Waals surface area contributed by atoms with E-state index in [4.69, 9.17) is 23.2 Å². The monoisotopic (exact) mass is 383 g/mol. The van der Waals surface area contributed by atoms with Gasteiger partial charge in [0.15, 0.2) is 0 Å². The van der Waals surface area contributed by atoms with Crippen LogP contribution in [0.4, 0.5) is 0 Å². The van der Waals surface area contributed by atoms with Gasteiger partial charge in [-0.25, -0.2) is 0 Å². The molecule has 0 saturated heterocycles. The zero-order valence-corrected chi connectivity index (χ0v) is 14.1. The highest BCUT2D eigenvalue weighted by Crippen LogP contribution is 2.28. The van der Waals surface area contributed by atoms with E-state index < -0.39 is 0 Å². The van der Waals surface area contributed by atoms with Crippen molar-refractivity contribution in [2.45, 2.75) is 13.2 Å². The van der Waals surface area contributed by atoms with Gasteiger partial charge in [-0.2, -0.15) is 0 Å². The summed E-state index contributed by atoms with van der Waals surface area (Å²) in [6.45, 7) is 0.627. The lowest BCUT2D eigenvalue weighted by molar-refractivity contribution is 0.283. The number of hydrogen-bond donors (Lipinski definition) is 1. The first-order valence-corrected chi connectivity index (χ1v) is 7.95. The Kier molecular flexibility index (Phi) is 4.27. The van der Waals surface area contributed by atoms with Crippen LogP contribution in [0.1, 0.15) is 11.1 Å². The Hall–Kier alpha value is -1.00. The van der Waals surface area contributed by atoms with Crippen molar-refractivity contribution in [3.63, 3.8) is 0 Å². The minimum Gasteiger partial charge on any atom is -0.392 e. The molecule has 0 aliphatic heterocycles. The number of fused-ring (bicyclic) bond motifs is 1. The Morgan fingerprint density at radius 2 is 1.86 bits per heavy atom. The number of halogens is 3. The molecule has 0 saturated carbocycles. The summed E-state index contributed by atoms with van der Waals surface area (Å²) < 4.78 is 3.01. The van der Waals surface area contributed by atoms with Gasteiger partial charge in [0.1, 0.15) is 0 Å². The first kappa shape index (κ1) is 14.9. The molecular formula is C16H12BrCl2NO. The van der Waals surface area contributed by atoms with E-state index in [0.29, 0.717) is 16.6 Å². The smallest absolute Gasteiger partial charge is 0.0702 e. The third-order valence-corrected chi connectivity index (χ3v) is 4.53. The first-order valence-electron chi connectivity index (χ1n) is 6.40. The van der Waals surface area contributed by atoms with Gasteiger partial charge in [0.2, 0.25) is 0 Å². The highest BCUT2D eigenvalue weighted by molar-refractivity contribution is 9.10. The summed E-state index contributed by atoms with van der Waals surface area (Å²) in [7, 11) is 0. The normalized spacial score (nSPS) is 11.2. The van der Waals surface area contributed by atoms with Gasteiger partial charge >= 0.3 is 0 Å². The zero-order valence-electron chi connectivity index (χ0n) is 11.0. The first-order chi connectivity index (χ1) is 10.1. The number of hydrogen-bond acceptors (Lipinski definition) is 1. The van der Waals surface area contributed by atoms with E-state index in [1.54, 1.807) is 0 Å². The standard InChI is InChI=1S/C16H12BrCl2NO/c17-12-2-1-10(15(19)5-12)7-20-8-11(9-21)14-4-3-13(18)6-16(14)20/h1-6,8,21H,7,9H2. The predicted octanol–water partition coefficient (Wildman–Crippen LogP) is 5.25. The molecule has 0 amide bonds. The van der Waals surface area contributed by atoms with Crippen molar-refractivity contribution in [3.05, 3.63) is 68.2 Å². The van der Waals surface area contributed by atoms with Gasteiger partial charge in [-0.15, -0.1) is 0 Å². The Balaban J connectivity index is 2.09. The van der Waals surface area contributed by atoms with Crippen LogP contribution in [-0.2, 0) is 13.2 Å². The number of aliphatic hydroxyl groups excluding tert-OH is 1. The Labute approximate surface area is 141 Å². The molecule has 3 aromatic rings. The van der Waals surface area contributed by atoms with Gasteiger partial charge in [-0.3, -0.25) is 0 Å². The number of aromatic nitrogens is 1. The van der Waals surface area contributed by atoms with Crippen LogP contribution in [0.3, 0.4) is 0 Å². The topological polar surface area (TPSA) is 25.2 Å². The maximum Gasteiger partial charge on any atom is 0.0702 e. The molecule has 1 aromatic heterocycles. The Morgan fingerprint density at radius 1 is 1.05 bits per heavy atom. The Morgan fingerprint density at radius 3 is 2.57 bits per heavy atom. The lowest BCUT2D eigenvalue weighted by Gasteiger charge is -2.08. The summed E-state index contributed by atoms with van der Waals surface area (Å²) in [6, 6.07) is 11.5. The molecule has 0 spiro atoms. The molecule has 1 heterocycles. The van der Waals surface area contributed by atoms with Crippen molar-refractivity contribution in [3.8, 4) is 0 Å². The molecule has 2 aromatic carbocycles. The van der Waals surface area contributed by atoms with Crippen molar-refractivity contribution >= 4 is 50.0 Å². The average Bonchev–Trinajstić information content (AvgIpc) is 2.79. The molecule has 108 valence electrons. The van der Waals surface area contributed by atoms with E-state index in [1.165, 1.54) is 0 Å². The van der Waals surface area contributed by atoms with Crippen LogP contribution >= 0.6 is 39.1 Å². The average molecular weight is 385 g/mol. The molecule has 0 fully saturated rings. The van der Waals surface area contributed by atoms with Crippen molar-refractivity contribution in [2.24, 2.45) is 0 Å². The van der Waals surface area contributed by atoms with Crippen molar-refractivity contribution < 1.29 is 5.11 Å². The molecule has 0 aliphatic rings. The number of nitrogens with zero attached hydrogens (tertiary/aromatic N) is 1. The van der Waals surface area contributed by atoms with E-state index >= 15 is 0 Å². The number of rotatable bonds is 3. The van der Waals surface area contributed by atoms with E-state index in [-0.39, 0.29) is 6.61 Å². The second kappa shape index (κ2) is 6.01. The van der Waals surface area contributed by atoms with E-state index in [2.05, 4.69) is 20.5 Å². The summed E-state index contributed by atoms with van der Waals surface area (Å²) in [5, 5.41) is 11.9. The molecule has 2 nitrogen and oxygen atoms in total. The van der Waals surface area contributed by atoms with Crippen LogP contribution in [0, 0.1) is 0 Å². The minimum atomic E-state index is -0.000791. The molecule has 3 rings (SSSR count). The summed E-state index contributed by atoms with van der Waals surface area (Å²) >= 11 is 15.8. The highest BCUT2D eigenvalue weighted by Gasteiger charge is 2.10. The fourth-order valence-corrected chi connectivity index (χ4v) is 3.33. The zero-order chi connectivity index (χ0) is 15.0. The second-order valence-corrected chi connectivity index (χ2v) is 6.60. The lowest BCUT2D eigenvalue weighted by Crippen LogP contribution is -1.98. The molecule has 1 N–H and O–H groups in total. The lowest BCUT2D eigenvalue weighted by atomic mass is 10.2. The van der Waals surface area contributed by atoms with E-state index in [9.17, 15) is 5.11 Å². The molecular weight excluding hydrogens is 373 g/mol. The minimum absolute atomic E-state index is 0.000791. The molecule has 0 aliphatic carbocycles. The third-order valence-electron chi connectivity index (χ3n) is 3.45. The molecule has 0 radical (unpaired) electrons. The van der Waals surface area contributed by atoms with Gasteiger partial charge < -0.3 is 9.67 Å². The predicted molar refractivity (Wildman–Crippen MR) is 91.1 cm³/mol. The van der Waals surface area contributed by atoms with Crippen LogP contribution in [0.2, 0.25) is 10.0 Å². The van der Waals surface area contributed by atoms with Crippen LogP contribution in [-0.4, -0.2) is 9.67 Å². The van der Waals surface area contributed by atoms with Crippen molar-refractivity contribution in [1.82, 2.24) is 4.57 Å². The fraction of sp³-hybridized carbons (Fsp3) is 0.125. The SMILES string of the molecule is OCc1cn(Cc2ccc(Br)cc2Cl)c2cc(Cl)ccc12. The van der Waals surface area contributed by atoms with Crippen LogP contribution in [0.5, 0.6) is 0 Å². The van der Waals surface area contributed by atoms with Crippen molar-refractivity contribution in [2.75, 3.05) is 0 Å². The third kappa shape index (κ3) is 2.97. The molecule has 0 atom stereocenters. The van der Waals surface area contributed by atoms with Gasteiger partial charge in [0.05, 0.1) is 12.1 Å². The van der Waals surface area contributed by atoms with E-state index in [0.717, 1.165) is 26.5 Å². The van der Waals surface area contributed by atoms with Gasteiger partial charge in [0, 0.05) is 38.2 Å². The second-order valence-electron chi connectivity index (χ2n) is 4.84. The van der Waals surface area contributed by atoms with Gasteiger partial charge in [-0.05, 0) is 29.8 Å². The molecule has 5 heteroatoms. The Bertz CT molecular complexity index is 813. The quantitative estimate of drug-likeness (QED) is 0.655. The summed E-state index contributed by atoms with van der Waals surface area (Å²) in [5.74, 6) is 0. The van der Waals surface area contributed by atoms with Gasteiger partial charge in [0.25, 0.3) is 0 Å². The summed E-state index contributed by atoms with van der Waals surface area (Å²) in [5.41, 5.74) is 2.89. The molecule has 0 unspecified atom stereocenters. The van der Waals surface area contributed by atoms with Crippen molar-refractivity contribution in [1.29, 1.82) is 0 Å². The van der Waals surface area contributed by atoms with Gasteiger partial charge in [-0.1, -0.05) is 51.3 Å². The fourth-order valence-electron chi connectivity index (χ4n) is 2.43. The largest absolute Gasteiger partial charge is 0.392 e. The molecule has 0 bridgehead atoms. The summed E-state index contributed by atoms with van der Waals surface area (Å²) in [4.78, 5) is 0. The van der Waals surface area contributed by atoms with Crippen LogP contribution in [0.25, 0.3) is 10.9 Å². The molecule has 21 heavy (non-hydrogen) atoms. The summed E-state index contributed by atoms with van der Waals surface area (Å²) in [6.07, 6.45) is 1.94.